The van der Waals surface area contributed by atoms with E-state index in [4.69, 9.17) is 0 Å². The van der Waals surface area contributed by atoms with Gasteiger partial charge in [0.25, 0.3) is 0 Å². The minimum Gasteiger partial charge on any atom is -0.468 e. The van der Waals surface area contributed by atoms with Crippen LogP contribution in [0.1, 0.15) is 51.4 Å². The van der Waals surface area contributed by atoms with Gasteiger partial charge in [-0.25, -0.2) is 0 Å². The summed E-state index contributed by atoms with van der Waals surface area (Å²) in [6.45, 7) is 3.69. The number of carbonyl (C=O) groups is 2. The Morgan fingerprint density at radius 1 is 0.947 bits per heavy atom. The molecule has 0 fully saturated rings. The molecule has 0 saturated heterocycles. The van der Waals surface area contributed by atoms with Crippen LogP contribution in [-0.4, -0.2) is 26.2 Å². The summed E-state index contributed by atoms with van der Waals surface area (Å²) in [5.41, 5.74) is 0. The molecular weight excluding hydrogens is 244 g/mol. The summed E-state index contributed by atoms with van der Waals surface area (Å²) in [5.74, 6) is -1.77. The number of esters is 2. The second kappa shape index (κ2) is 11.8. The summed E-state index contributed by atoms with van der Waals surface area (Å²) >= 11 is 0. The van der Waals surface area contributed by atoms with E-state index in [1.54, 1.807) is 0 Å². The lowest BCUT2D eigenvalue weighted by atomic mass is 10.00. The molecule has 0 aromatic heterocycles. The van der Waals surface area contributed by atoms with Crippen molar-refractivity contribution in [2.24, 2.45) is 5.92 Å². The molecule has 0 radical (unpaired) electrons. The van der Waals surface area contributed by atoms with Crippen molar-refractivity contribution >= 4 is 11.9 Å². The summed E-state index contributed by atoms with van der Waals surface area (Å²) in [4.78, 5) is 22.8. The highest BCUT2D eigenvalue weighted by molar-refractivity contribution is 5.94. The lowest BCUT2D eigenvalue weighted by Gasteiger charge is -2.11. The van der Waals surface area contributed by atoms with Crippen LogP contribution >= 0.6 is 0 Å². The Balaban J connectivity index is 3.73. The van der Waals surface area contributed by atoms with Gasteiger partial charge in [-0.05, 0) is 19.3 Å². The van der Waals surface area contributed by atoms with Crippen LogP contribution < -0.4 is 0 Å². The average Bonchev–Trinajstić information content (AvgIpc) is 2.44. The van der Waals surface area contributed by atoms with E-state index in [0.717, 1.165) is 25.7 Å². The molecule has 0 amide bonds. The van der Waals surface area contributed by atoms with E-state index in [1.807, 2.05) is 6.08 Å². The van der Waals surface area contributed by atoms with Crippen molar-refractivity contribution in [3.05, 3.63) is 12.7 Å². The Morgan fingerprint density at radius 3 is 1.89 bits per heavy atom. The van der Waals surface area contributed by atoms with Crippen LogP contribution in [0.25, 0.3) is 0 Å². The number of rotatable bonds is 11. The maximum absolute atomic E-state index is 11.4. The monoisotopic (exact) mass is 270 g/mol. The van der Waals surface area contributed by atoms with Gasteiger partial charge in [0, 0.05) is 0 Å². The topological polar surface area (TPSA) is 52.6 Å². The number of hydrogen-bond acceptors (Lipinski definition) is 4. The largest absolute Gasteiger partial charge is 0.468 e. The first-order valence-corrected chi connectivity index (χ1v) is 6.94. The van der Waals surface area contributed by atoms with Gasteiger partial charge in [0.2, 0.25) is 0 Å². The molecule has 0 bridgehead atoms. The van der Waals surface area contributed by atoms with Gasteiger partial charge in [-0.1, -0.05) is 38.2 Å². The van der Waals surface area contributed by atoms with Crippen molar-refractivity contribution in [3.8, 4) is 0 Å². The van der Waals surface area contributed by atoms with Gasteiger partial charge < -0.3 is 9.47 Å². The zero-order valence-corrected chi connectivity index (χ0v) is 12.2. The van der Waals surface area contributed by atoms with Crippen molar-refractivity contribution in [2.45, 2.75) is 51.4 Å². The Hall–Kier alpha value is -1.32. The van der Waals surface area contributed by atoms with Crippen LogP contribution in [0, 0.1) is 5.92 Å². The molecule has 0 atom stereocenters. The van der Waals surface area contributed by atoms with E-state index in [1.165, 1.54) is 33.5 Å². The summed E-state index contributed by atoms with van der Waals surface area (Å²) in [6, 6.07) is 0. The molecule has 0 spiro atoms. The molecule has 110 valence electrons. The number of ether oxygens (including phenoxy) is 2. The van der Waals surface area contributed by atoms with Gasteiger partial charge in [0.15, 0.2) is 5.92 Å². The van der Waals surface area contributed by atoms with E-state index in [2.05, 4.69) is 16.1 Å². The van der Waals surface area contributed by atoms with Crippen molar-refractivity contribution in [1.29, 1.82) is 0 Å². The van der Waals surface area contributed by atoms with E-state index in [9.17, 15) is 9.59 Å². The Labute approximate surface area is 116 Å². The average molecular weight is 270 g/mol. The van der Waals surface area contributed by atoms with Gasteiger partial charge in [-0.2, -0.15) is 0 Å². The number of allylic oxidation sites excluding steroid dienone is 1. The quantitative estimate of drug-likeness (QED) is 0.250. The first kappa shape index (κ1) is 17.7. The molecule has 0 aliphatic carbocycles. The first-order valence-electron chi connectivity index (χ1n) is 6.94. The van der Waals surface area contributed by atoms with Crippen LogP contribution in [0.5, 0.6) is 0 Å². The Bertz CT molecular complexity index is 257. The standard InChI is InChI=1S/C15H26O4/c1-4-5-6-7-8-9-10-11-12-13(14(16)18-2)15(17)19-3/h4,13H,1,5-12H2,2-3H3. The molecule has 0 aliphatic heterocycles. The summed E-state index contributed by atoms with van der Waals surface area (Å²) in [7, 11) is 2.58. The molecular formula is C15H26O4. The van der Waals surface area contributed by atoms with Crippen LogP contribution in [0.4, 0.5) is 0 Å². The highest BCUT2D eigenvalue weighted by Crippen LogP contribution is 2.15. The molecule has 0 heterocycles. The highest BCUT2D eigenvalue weighted by atomic mass is 16.5. The van der Waals surface area contributed by atoms with Gasteiger partial charge in [0.05, 0.1) is 14.2 Å². The van der Waals surface area contributed by atoms with Crippen LogP contribution in [0.15, 0.2) is 12.7 Å². The normalized spacial score (nSPS) is 10.3. The predicted molar refractivity (Wildman–Crippen MR) is 74.7 cm³/mol. The van der Waals surface area contributed by atoms with E-state index < -0.39 is 17.9 Å². The third-order valence-electron chi connectivity index (χ3n) is 3.12. The molecule has 0 aromatic carbocycles. The number of carbonyl (C=O) groups excluding carboxylic acids is 2. The van der Waals surface area contributed by atoms with Crippen molar-refractivity contribution in [1.82, 2.24) is 0 Å². The maximum Gasteiger partial charge on any atom is 0.320 e. The number of hydrogen-bond donors (Lipinski definition) is 0. The fourth-order valence-electron chi connectivity index (χ4n) is 1.96. The van der Waals surface area contributed by atoms with Crippen molar-refractivity contribution in [3.63, 3.8) is 0 Å². The third-order valence-corrected chi connectivity index (χ3v) is 3.12. The zero-order chi connectivity index (χ0) is 14.5. The number of methoxy groups -OCH3 is 2. The van der Waals surface area contributed by atoms with E-state index >= 15 is 0 Å². The van der Waals surface area contributed by atoms with Gasteiger partial charge in [-0.15, -0.1) is 6.58 Å². The van der Waals surface area contributed by atoms with Crippen molar-refractivity contribution in [2.75, 3.05) is 14.2 Å². The van der Waals surface area contributed by atoms with Crippen LogP contribution in [-0.2, 0) is 19.1 Å². The molecule has 0 aliphatic rings. The molecule has 0 N–H and O–H groups in total. The summed E-state index contributed by atoms with van der Waals surface area (Å²) in [5, 5.41) is 0. The van der Waals surface area contributed by atoms with E-state index in [-0.39, 0.29) is 0 Å². The minimum absolute atomic E-state index is 0.502. The lowest BCUT2D eigenvalue weighted by Crippen LogP contribution is -2.26. The fourth-order valence-corrected chi connectivity index (χ4v) is 1.96. The second-order valence-electron chi connectivity index (χ2n) is 4.59. The predicted octanol–water partition coefficient (Wildman–Crippen LogP) is 3.26. The molecule has 4 nitrogen and oxygen atoms in total. The van der Waals surface area contributed by atoms with Gasteiger partial charge in [0.1, 0.15) is 0 Å². The SMILES string of the molecule is C=CCCCCCCCCC(C(=O)OC)C(=O)OC. The molecule has 0 saturated carbocycles. The van der Waals surface area contributed by atoms with Crippen LogP contribution in [0.3, 0.4) is 0 Å². The van der Waals surface area contributed by atoms with Gasteiger partial charge >= 0.3 is 11.9 Å². The van der Waals surface area contributed by atoms with Crippen molar-refractivity contribution < 1.29 is 19.1 Å². The Morgan fingerprint density at radius 2 is 1.42 bits per heavy atom. The fraction of sp³-hybridized carbons (Fsp3) is 0.733. The molecule has 0 rings (SSSR count). The first-order chi connectivity index (χ1) is 9.17. The van der Waals surface area contributed by atoms with Gasteiger partial charge in [-0.3, -0.25) is 9.59 Å². The smallest absolute Gasteiger partial charge is 0.320 e. The molecule has 4 heteroatoms. The summed E-state index contributed by atoms with van der Waals surface area (Å²) in [6.07, 6.45) is 10.1. The van der Waals surface area contributed by atoms with Crippen LogP contribution in [0.2, 0.25) is 0 Å². The molecule has 0 aromatic rings. The zero-order valence-electron chi connectivity index (χ0n) is 12.2. The molecule has 19 heavy (non-hydrogen) atoms. The lowest BCUT2D eigenvalue weighted by molar-refractivity contribution is -0.159. The van der Waals surface area contributed by atoms with E-state index in [0.29, 0.717) is 6.42 Å². The molecule has 0 unspecified atom stereocenters. The minimum atomic E-state index is -0.768. The second-order valence-corrected chi connectivity index (χ2v) is 4.59. The highest BCUT2D eigenvalue weighted by Gasteiger charge is 2.27. The third kappa shape index (κ3) is 8.41. The summed E-state index contributed by atoms with van der Waals surface area (Å²) < 4.78 is 9.22. The maximum atomic E-state index is 11.4. The Kier molecular flexibility index (Phi) is 10.9. The number of unbranched alkanes of at least 4 members (excludes halogenated alkanes) is 6.